The van der Waals surface area contributed by atoms with Crippen LogP contribution in [0.1, 0.15) is 13.8 Å². The van der Waals surface area contributed by atoms with E-state index in [-0.39, 0.29) is 22.8 Å². The molecule has 17 heavy (non-hydrogen) atoms. The Balaban J connectivity index is 2.30. The van der Waals surface area contributed by atoms with Gasteiger partial charge in [-0.1, -0.05) is 12.1 Å². The highest BCUT2D eigenvalue weighted by Crippen LogP contribution is 2.29. The Labute approximate surface area is 100 Å². The van der Waals surface area contributed by atoms with E-state index >= 15 is 0 Å². The summed E-state index contributed by atoms with van der Waals surface area (Å²) < 4.78 is 5.63. The molecule has 1 aliphatic rings. The Kier molecular flexibility index (Phi) is 3.28. The van der Waals surface area contributed by atoms with E-state index < -0.39 is 0 Å². The molecule has 0 bridgehead atoms. The monoisotopic (exact) mass is 236 g/mol. The highest BCUT2D eigenvalue weighted by Gasteiger charge is 2.26. The largest absolute Gasteiger partial charge is 0.372 e. The molecular weight excluding hydrogens is 220 g/mol. The van der Waals surface area contributed by atoms with E-state index in [1.54, 1.807) is 18.2 Å². The normalized spacial score (nSPS) is 24.7. The minimum Gasteiger partial charge on any atom is -0.372 e. The van der Waals surface area contributed by atoms with Crippen LogP contribution in [0, 0.1) is 10.1 Å². The third-order valence-electron chi connectivity index (χ3n) is 2.84. The lowest BCUT2D eigenvalue weighted by molar-refractivity contribution is -0.384. The number of nitro benzene ring substituents is 1. The molecule has 0 radical (unpaired) electrons. The second-order valence-corrected chi connectivity index (χ2v) is 4.41. The molecule has 0 amide bonds. The molecule has 0 saturated carbocycles. The van der Waals surface area contributed by atoms with E-state index in [4.69, 9.17) is 4.74 Å². The number of nitro groups is 1. The summed E-state index contributed by atoms with van der Waals surface area (Å²) in [6.45, 7) is 5.35. The molecule has 0 aliphatic carbocycles. The van der Waals surface area contributed by atoms with Crippen molar-refractivity contribution in [2.24, 2.45) is 0 Å². The number of morpholine rings is 1. The van der Waals surface area contributed by atoms with Gasteiger partial charge in [0.25, 0.3) is 5.69 Å². The van der Waals surface area contributed by atoms with Gasteiger partial charge in [-0.05, 0) is 19.9 Å². The maximum atomic E-state index is 11.0. The van der Waals surface area contributed by atoms with E-state index in [0.717, 1.165) is 0 Å². The van der Waals surface area contributed by atoms with E-state index in [2.05, 4.69) is 0 Å². The number of para-hydroxylation sites is 2. The van der Waals surface area contributed by atoms with Gasteiger partial charge in [-0.25, -0.2) is 0 Å². The highest BCUT2D eigenvalue weighted by molar-refractivity contribution is 5.63. The molecule has 92 valence electrons. The van der Waals surface area contributed by atoms with Crippen LogP contribution in [0.4, 0.5) is 11.4 Å². The lowest BCUT2D eigenvalue weighted by Crippen LogP contribution is -2.45. The Morgan fingerprint density at radius 3 is 2.47 bits per heavy atom. The van der Waals surface area contributed by atoms with Gasteiger partial charge in [-0.2, -0.15) is 0 Å². The van der Waals surface area contributed by atoms with Gasteiger partial charge in [-0.3, -0.25) is 10.1 Å². The number of hydrogen-bond donors (Lipinski definition) is 0. The Bertz CT molecular complexity index is 412. The Morgan fingerprint density at radius 2 is 1.88 bits per heavy atom. The van der Waals surface area contributed by atoms with Crippen LogP contribution in [0.2, 0.25) is 0 Å². The van der Waals surface area contributed by atoms with Crippen molar-refractivity contribution < 1.29 is 9.66 Å². The van der Waals surface area contributed by atoms with Crippen LogP contribution in [0.15, 0.2) is 24.3 Å². The maximum absolute atomic E-state index is 11.0. The number of anilines is 1. The Hall–Kier alpha value is -1.62. The predicted octanol–water partition coefficient (Wildman–Crippen LogP) is 2.21. The first kappa shape index (κ1) is 11.9. The summed E-state index contributed by atoms with van der Waals surface area (Å²) in [6.07, 6.45) is 0.192. The topological polar surface area (TPSA) is 55.6 Å². The average Bonchev–Trinajstić information content (AvgIpc) is 2.27. The second kappa shape index (κ2) is 4.71. The molecule has 1 aliphatic heterocycles. The van der Waals surface area contributed by atoms with Crippen molar-refractivity contribution in [3.8, 4) is 0 Å². The van der Waals surface area contributed by atoms with Crippen molar-refractivity contribution in [3.63, 3.8) is 0 Å². The first-order valence-corrected chi connectivity index (χ1v) is 5.71. The van der Waals surface area contributed by atoms with Crippen LogP contribution < -0.4 is 4.90 Å². The Morgan fingerprint density at radius 1 is 1.29 bits per heavy atom. The molecular formula is C12H16N2O3. The van der Waals surface area contributed by atoms with Gasteiger partial charge in [-0.15, -0.1) is 0 Å². The summed E-state index contributed by atoms with van der Waals surface area (Å²) in [7, 11) is 0. The van der Waals surface area contributed by atoms with Gasteiger partial charge in [0.05, 0.1) is 17.1 Å². The first-order chi connectivity index (χ1) is 8.08. The lowest BCUT2D eigenvalue weighted by atomic mass is 10.2. The molecule has 0 aromatic heterocycles. The van der Waals surface area contributed by atoms with Crippen LogP contribution in [0.25, 0.3) is 0 Å². The minimum atomic E-state index is -0.333. The summed E-state index contributed by atoms with van der Waals surface area (Å²) >= 11 is 0. The molecule has 0 N–H and O–H groups in total. The lowest BCUT2D eigenvalue weighted by Gasteiger charge is -2.36. The van der Waals surface area contributed by atoms with Crippen LogP contribution >= 0.6 is 0 Å². The average molecular weight is 236 g/mol. The van der Waals surface area contributed by atoms with E-state index in [1.165, 1.54) is 0 Å². The number of hydrogen-bond acceptors (Lipinski definition) is 4. The first-order valence-electron chi connectivity index (χ1n) is 5.71. The van der Waals surface area contributed by atoms with E-state index in [1.807, 2.05) is 24.8 Å². The summed E-state index contributed by atoms with van der Waals surface area (Å²) in [5.74, 6) is 0. The molecule has 0 spiro atoms. The SMILES string of the molecule is C[C@@H]1CN(c2ccccc2[N+](=O)[O-])C[C@H](C)O1. The second-order valence-electron chi connectivity index (χ2n) is 4.41. The summed E-state index contributed by atoms with van der Waals surface area (Å²) in [6, 6.07) is 6.85. The van der Waals surface area contributed by atoms with Gasteiger partial charge < -0.3 is 9.64 Å². The van der Waals surface area contributed by atoms with Crippen molar-refractivity contribution in [1.29, 1.82) is 0 Å². The highest BCUT2D eigenvalue weighted by atomic mass is 16.6. The third-order valence-corrected chi connectivity index (χ3v) is 2.84. The standard InChI is InChI=1S/C12H16N2O3/c1-9-7-13(8-10(2)17-9)11-5-3-4-6-12(11)14(15)16/h3-6,9-10H,7-8H2,1-2H3/t9-,10+. The fourth-order valence-electron chi connectivity index (χ4n) is 2.26. The molecule has 1 aromatic carbocycles. The fraction of sp³-hybridized carbons (Fsp3) is 0.500. The molecule has 1 fully saturated rings. The number of rotatable bonds is 2. The van der Waals surface area contributed by atoms with Crippen LogP contribution in [-0.2, 0) is 4.74 Å². The maximum Gasteiger partial charge on any atom is 0.292 e. The third kappa shape index (κ3) is 2.55. The van der Waals surface area contributed by atoms with Gasteiger partial charge in [0.2, 0.25) is 0 Å². The zero-order valence-electron chi connectivity index (χ0n) is 10.00. The van der Waals surface area contributed by atoms with E-state index in [0.29, 0.717) is 18.8 Å². The minimum absolute atomic E-state index is 0.0959. The smallest absolute Gasteiger partial charge is 0.292 e. The van der Waals surface area contributed by atoms with Gasteiger partial charge in [0, 0.05) is 19.2 Å². The molecule has 1 aromatic rings. The van der Waals surface area contributed by atoms with Crippen LogP contribution in [-0.4, -0.2) is 30.2 Å². The van der Waals surface area contributed by atoms with Gasteiger partial charge >= 0.3 is 0 Å². The molecule has 5 nitrogen and oxygen atoms in total. The van der Waals surface area contributed by atoms with E-state index in [9.17, 15) is 10.1 Å². The van der Waals surface area contributed by atoms with Crippen molar-refractivity contribution >= 4 is 11.4 Å². The molecule has 1 heterocycles. The van der Waals surface area contributed by atoms with Crippen LogP contribution in [0.5, 0.6) is 0 Å². The van der Waals surface area contributed by atoms with Gasteiger partial charge in [0.15, 0.2) is 0 Å². The van der Waals surface area contributed by atoms with Crippen molar-refractivity contribution in [2.45, 2.75) is 26.1 Å². The quantitative estimate of drug-likeness (QED) is 0.583. The molecule has 5 heteroatoms. The van der Waals surface area contributed by atoms with Crippen LogP contribution in [0.3, 0.4) is 0 Å². The molecule has 2 atom stereocenters. The summed E-state index contributed by atoms with van der Waals surface area (Å²) in [4.78, 5) is 12.7. The number of ether oxygens (including phenoxy) is 1. The summed E-state index contributed by atoms with van der Waals surface area (Å²) in [5, 5.41) is 11.0. The zero-order valence-corrected chi connectivity index (χ0v) is 10.00. The molecule has 1 saturated heterocycles. The fourth-order valence-corrected chi connectivity index (χ4v) is 2.26. The van der Waals surface area contributed by atoms with Gasteiger partial charge in [0.1, 0.15) is 5.69 Å². The predicted molar refractivity (Wildman–Crippen MR) is 65.3 cm³/mol. The molecule has 0 unspecified atom stereocenters. The van der Waals surface area contributed by atoms with Crippen molar-refractivity contribution in [3.05, 3.63) is 34.4 Å². The van der Waals surface area contributed by atoms with Crippen molar-refractivity contribution in [1.82, 2.24) is 0 Å². The number of benzene rings is 1. The molecule has 2 rings (SSSR count). The number of nitrogens with zero attached hydrogens (tertiary/aromatic N) is 2. The summed E-state index contributed by atoms with van der Waals surface area (Å²) in [5.41, 5.74) is 0.841. The van der Waals surface area contributed by atoms with Crippen molar-refractivity contribution in [2.75, 3.05) is 18.0 Å². The zero-order chi connectivity index (χ0) is 12.4.